The molecule has 19 heavy (non-hydrogen) atoms. The first kappa shape index (κ1) is 14.8. The Kier molecular flexibility index (Phi) is 5.68. The van der Waals surface area contributed by atoms with E-state index in [1.54, 1.807) is 0 Å². The van der Waals surface area contributed by atoms with Crippen LogP contribution in [0, 0.1) is 12.8 Å². The average molecular weight is 281 g/mol. The number of hydrogen-bond acceptors (Lipinski definition) is 2. The molecule has 1 aliphatic rings. The zero-order valence-corrected chi connectivity index (χ0v) is 12.5. The summed E-state index contributed by atoms with van der Waals surface area (Å²) in [6.45, 7) is 2.07. The molecule has 1 unspecified atom stereocenters. The van der Waals surface area contributed by atoms with Gasteiger partial charge in [0.2, 0.25) is 0 Å². The second-order valence-electron chi connectivity index (χ2n) is 5.90. The van der Waals surface area contributed by atoms with Crippen LogP contribution < -0.4 is 11.3 Å². The van der Waals surface area contributed by atoms with Crippen molar-refractivity contribution in [3.8, 4) is 0 Å². The van der Waals surface area contributed by atoms with Crippen molar-refractivity contribution in [2.75, 3.05) is 0 Å². The maximum Gasteiger partial charge on any atom is 0.0441 e. The van der Waals surface area contributed by atoms with Gasteiger partial charge in [-0.3, -0.25) is 11.3 Å². The summed E-state index contributed by atoms with van der Waals surface area (Å²) in [5.41, 5.74) is 5.39. The number of hydrogen-bond donors (Lipinski definition) is 2. The predicted molar refractivity (Wildman–Crippen MR) is 82.2 cm³/mol. The molecular weight excluding hydrogens is 256 g/mol. The molecule has 2 rings (SSSR count). The Hall–Kier alpha value is -0.570. The van der Waals surface area contributed by atoms with Gasteiger partial charge in [-0.15, -0.1) is 0 Å². The first-order chi connectivity index (χ1) is 9.19. The lowest BCUT2D eigenvalue weighted by molar-refractivity contribution is 0.298. The van der Waals surface area contributed by atoms with Crippen LogP contribution in [-0.4, -0.2) is 6.04 Å². The molecule has 1 aliphatic carbocycles. The van der Waals surface area contributed by atoms with Crippen LogP contribution >= 0.6 is 11.6 Å². The van der Waals surface area contributed by atoms with Crippen LogP contribution in [-0.2, 0) is 6.42 Å². The molecule has 3 N–H and O–H groups in total. The number of nitrogens with two attached hydrogens (primary N) is 1. The average Bonchev–Trinajstić information content (AvgIpc) is 2.42. The van der Waals surface area contributed by atoms with Gasteiger partial charge in [-0.05, 0) is 42.9 Å². The summed E-state index contributed by atoms with van der Waals surface area (Å²) in [5, 5.41) is 0.865. The Labute approximate surface area is 121 Å². The lowest BCUT2D eigenvalue weighted by Crippen LogP contribution is -2.38. The maximum atomic E-state index is 6.30. The highest BCUT2D eigenvalue weighted by Gasteiger charge is 2.19. The van der Waals surface area contributed by atoms with E-state index in [-0.39, 0.29) is 0 Å². The first-order valence-corrected chi connectivity index (χ1v) is 7.78. The van der Waals surface area contributed by atoms with Crippen molar-refractivity contribution in [2.45, 2.75) is 57.9 Å². The monoisotopic (exact) mass is 280 g/mol. The molecule has 0 spiro atoms. The number of halogens is 1. The second kappa shape index (κ2) is 7.28. The van der Waals surface area contributed by atoms with E-state index in [9.17, 15) is 0 Å². The van der Waals surface area contributed by atoms with Gasteiger partial charge in [-0.2, -0.15) is 0 Å². The molecule has 2 nitrogen and oxygen atoms in total. The van der Waals surface area contributed by atoms with Crippen LogP contribution in [0.4, 0.5) is 0 Å². The van der Waals surface area contributed by atoms with Gasteiger partial charge < -0.3 is 0 Å². The van der Waals surface area contributed by atoms with Crippen LogP contribution in [0.2, 0.25) is 5.02 Å². The highest BCUT2D eigenvalue weighted by Crippen LogP contribution is 2.28. The zero-order chi connectivity index (χ0) is 13.7. The number of aryl methyl sites for hydroxylation is 1. The van der Waals surface area contributed by atoms with E-state index in [1.165, 1.54) is 49.7 Å². The summed E-state index contributed by atoms with van der Waals surface area (Å²) in [7, 11) is 0. The quantitative estimate of drug-likeness (QED) is 0.632. The Bertz CT molecular complexity index is 400. The van der Waals surface area contributed by atoms with E-state index in [0.29, 0.717) is 6.04 Å². The molecule has 0 amide bonds. The van der Waals surface area contributed by atoms with Crippen LogP contribution in [0.25, 0.3) is 0 Å². The van der Waals surface area contributed by atoms with Gasteiger partial charge >= 0.3 is 0 Å². The molecule has 0 aromatic heterocycles. The minimum absolute atomic E-state index is 0.336. The molecule has 1 aromatic rings. The van der Waals surface area contributed by atoms with Crippen molar-refractivity contribution in [3.05, 3.63) is 34.3 Å². The molecular formula is C16H25ClN2. The molecule has 3 heteroatoms. The highest BCUT2D eigenvalue weighted by atomic mass is 35.5. The fourth-order valence-corrected chi connectivity index (χ4v) is 3.43. The number of benzene rings is 1. The van der Waals surface area contributed by atoms with Gasteiger partial charge in [-0.25, -0.2) is 0 Å². The highest BCUT2D eigenvalue weighted by molar-refractivity contribution is 6.31. The Balaban J connectivity index is 1.94. The van der Waals surface area contributed by atoms with Gasteiger partial charge in [0.05, 0.1) is 0 Å². The van der Waals surface area contributed by atoms with E-state index < -0.39 is 0 Å². The molecule has 0 saturated heterocycles. The van der Waals surface area contributed by atoms with Gasteiger partial charge in [-0.1, -0.05) is 55.8 Å². The summed E-state index contributed by atoms with van der Waals surface area (Å²) in [5.74, 6) is 6.56. The normalized spacial score (nSPS) is 18.5. The van der Waals surface area contributed by atoms with Gasteiger partial charge in [0.1, 0.15) is 0 Å². The second-order valence-corrected chi connectivity index (χ2v) is 6.31. The van der Waals surface area contributed by atoms with Crippen LogP contribution in [0.5, 0.6) is 0 Å². The Morgan fingerprint density at radius 3 is 2.68 bits per heavy atom. The molecule has 0 bridgehead atoms. The molecule has 0 radical (unpaired) electrons. The number of nitrogens with one attached hydrogen (secondary N) is 1. The molecule has 1 aromatic carbocycles. The summed E-state index contributed by atoms with van der Waals surface area (Å²) >= 11 is 6.30. The van der Waals surface area contributed by atoms with Crippen molar-refractivity contribution in [3.63, 3.8) is 0 Å². The van der Waals surface area contributed by atoms with Crippen molar-refractivity contribution < 1.29 is 0 Å². The molecule has 0 heterocycles. The van der Waals surface area contributed by atoms with E-state index >= 15 is 0 Å². The summed E-state index contributed by atoms with van der Waals surface area (Å²) < 4.78 is 0. The third kappa shape index (κ3) is 4.48. The maximum absolute atomic E-state index is 6.30. The third-order valence-electron chi connectivity index (χ3n) is 4.25. The standard InChI is InChI=1S/C16H25ClN2/c1-12-7-8-14(16(17)9-12)11-15(19-18)10-13-5-3-2-4-6-13/h7-9,13,15,19H,2-6,10-11,18H2,1H3. The smallest absolute Gasteiger partial charge is 0.0441 e. The molecule has 106 valence electrons. The van der Waals surface area contributed by atoms with Crippen molar-refractivity contribution in [1.82, 2.24) is 5.43 Å². The lowest BCUT2D eigenvalue weighted by Gasteiger charge is -2.26. The minimum atomic E-state index is 0.336. The van der Waals surface area contributed by atoms with Crippen molar-refractivity contribution in [2.24, 2.45) is 11.8 Å². The summed E-state index contributed by atoms with van der Waals surface area (Å²) in [6.07, 6.45) is 8.98. The van der Waals surface area contributed by atoms with Crippen molar-refractivity contribution >= 4 is 11.6 Å². The van der Waals surface area contributed by atoms with Gasteiger partial charge in [0.15, 0.2) is 0 Å². The number of hydrazine groups is 1. The fourth-order valence-electron chi connectivity index (χ4n) is 3.12. The van der Waals surface area contributed by atoms with Crippen LogP contribution in [0.3, 0.4) is 0 Å². The largest absolute Gasteiger partial charge is 0.271 e. The van der Waals surface area contributed by atoms with Crippen LogP contribution in [0.1, 0.15) is 49.7 Å². The van der Waals surface area contributed by atoms with Gasteiger partial charge in [0.25, 0.3) is 0 Å². The molecule has 1 atom stereocenters. The predicted octanol–water partition coefficient (Wildman–Crippen LogP) is 3.99. The molecule has 1 saturated carbocycles. The van der Waals surface area contributed by atoms with E-state index in [2.05, 4.69) is 24.5 Å². The summed E-state index contributed by atoms with van der Waals surface area (Å²) in [4.78, 5) is 0. The van der Waals surface area contributed by atoms with Crippen LogP contribution in [0.15, 0.2) is 18.2 Å². The van der Waals surface area contributed by atoms with Gasteiger partial charge in [0, 0.05) is 11.1 Å². The first-order valence-electron chi connectivity index (χ1n) is 7.40. The zero-order valence-electron chi connectivity index (χ0n) is 11.8. The number of rotatable bonds is 5. The molecule has 1 fully saturated rings. The van der Waals surface area contributed by atoms with Crippen molar-refractivity contribution in [1.29, 1.82) is 0 Å². The SMILES string of the molecule is Cc1ccc(CC(CC2CCCCC2)NN)c(Cl)c1. The Morgan fingerprint density at radius 2 is 2.05 bits per heavy atom. The fraction of sp³-hybridized carbons (Fsp3) is 0.625. The summed E-state index contributed by atoms with van der Waals surface area (Å²) in [6, 6.07) is 6.62. The topological polar surface area (TPSA) is 38.0 Å². The minimum Gasteiger partial charge on any atom is -0.271 e. The third-order valence-corrected chi connectivity index (χ3v) is 4.61. The lowest BCUT2D eigenvalue weighted by atomic mass is 9.83. The molecule has 0 aliphatic heterocycles. The van der Waals surface area contributed by atoms with E-state index in [1.807, 2.05) is 6.07 Å². The van der Waals surface area contributed by atoms with E-state index in [0.717, 1.165) is 17.4 Å². The van der Waals surface area contributed by atoms with E-state index in [4.69, 9.17) is 17.4 Å². The Morgan fingerprint density at radius 1 is 1.32 bits per heavy atom.